The first kappa shape index (κ1) is 25.5. The lowest BCUT2D eigenvalue weighted by molar-refractivity contribution is 1.18. The van der Waals surface area contributed by atoms with Crippen molar-refractivity contribution < 1.29 is 0 Å². The standard InChI is InChI=1S/C43H26N2S/c1-2-13-27(14-3-1)42-34-25-26-39-41(32-18-7-11-24-38(32)46-39)40(34)33-20-12-19-31(43(33)44-42)30-17-6-10-23-37(30)45-35-21-8-4-15-28(35)29-16-5-9-22-36(29)45/h1-26H. The van der Waals surface area contributed by atoms with Crippen LogP contribution in [0.3, 0.4) is 0 Å². The summed E-state index contributed by atoms with van der Waals surface area (Å²) in [6.45, 7) is 0. The van der Waals surface area contributed by atoms with Crippen LogP contribution in [0.25, 0.3) is 91.7 Å². The second-order valence-corrected chi connectivity index (χ2v) is 13.0. The van der Waals surface area contributed by atoms with E-state index in [0.717, 1.165) is 33.6 Å². The number of benzene rings is 7. The Morgan fingerprint density at radius 3 is 1.85 bits per heavy atom. The molecule has 0 spiro atoms. The molecule has 0 aliphatic heterocycles. The van der Waals surface area contributed by atoms with Crippen LogP contribution in [0.2, 0.25) is 0 Å². The predicted molar refractivity (Wildman–Crippen MR) is 197 cm³/mol. The first-order valence-electron chi connectivity index (χ1n) is 15.7. The van der Waals surface area contributed by atoms with Crippen molar-refractivity contribution in [2.24, 2.45) is 0 Å². The summed E-state index contributed by atoms with van der Waals surface area (Å²) in [4.78, 5) is 5.56. The molecule has 0 amide bonds. The maximum atomic E-state index is 5.56. The summed E-state index contributed by atoms with van der Waals surface area (Å²) in [5.74, 6) is 0. The van der Waals surface area contributed by atoms with Crippen LogP contribution in [0.15, 0.2) is 158 Å². The quantitative estimate of drug-likeness (QED) is 0.184. The van der Waals surface area contributed by atoms with Crippen LogP contribution in [0.5, 0.6) is 0 Å². The Labute approximate surface area is 269 Å². The van der Waals surface area contributed by atoms with Crippen molar-refractivity contribution in [2.75, 3.05) is 0 Å². The van der Waals surface area contributed by atoms with Gasteiger partial charge in [-0.25, -0.2) is 4.98 Å². The van der Waals surface area contributed by atoms with Crippen LogP contribution >= 0.6 is 11.3 Å². The van der Waals surface area contributed by atoms with Crippen molar-refractivity contribution in [1.82, 2.24) is 9.55 Å². The molecular formula is C43H26N2S. The van der Waals surface area contributed by atoms with Crippen LogP contribution < -0.4 is 0 Å². The summed E-state index contributed by atoms with van der Waals surface area (Å²) in [5, 5.41) is 8.77. The summed E-state index contributed by atoms with van der Waals surface area (Å²) >= 11 is 1.87. The fourth-order valence-corrected chi connectivity index (χ4v) is 8.56. The molecule has 3 heterocycles. The van der Waals surface area contributed by atoms with Gasteiger partial charge in [-0.05, 0) is 30.3 Å². The van der Waals surface area contributed by atoms with Crippen molar-refractivity contribution in [3.8, 4) is 28.1 Å². The van der Waals surface area contributed by atoms with Crippen LogP contribution in [-0.2, 0) is 0 Å². The van der Waals surface area contributed by atoms with E-state index in [1.807, 2.05) is 11.3 Å². The van der Waals surface area contributed by atoms with Gasteiger partial charge in [-0.1, -0.05) is 127 Å². The number of rotatable bonds is 3. The van der Waals surface area contributed by atoms with E-state index in [-0.39, 0.29) is 0 Å². The molecule has 10 aromatic rings. The monoisotopic (exact) mass is 602 g/mol. The van der Waals surface area contributed by atoms with Crippen LogP contribution in [0.1, 0.15) is 0 Å². The van der Waals surface area contributed by atoms with Gasteiger partial charge in [-0.2, -0.15) is 0 Å². The molecule has 0 radical (unpaired) electrons. The lowest BCUT2D eigenvalue weighted by Crippen LogP contribution is -1.98. The van der Waals surface area contributed by atoms with Gasteiger partial charge in [-0.15, -0.1) is 11.3 Å². The number of pyridine rings is 1. The summed E-state index contributed by atoms with van der Waals surface area (Å²) < 4.78 is 5.03. The molecule has 0 fully saturated rings. The zero-order chi connectivity index (χ0) is 30.2. The second-order valence-electron chi connectivity index (χ2n) is 11.9. The highest BCUT2D eigenvalue weighted by molar-refractivity contribution is 7.26. The molecule has 10 rings (SSSR count). The Bertz CT molecular complexity index is 2750. The van der Waals surface area contributed by atoms with Crippen molar-refractivity contribution in [1.29, 1.82) is 0 Å². The van der Waals surface area contributed by atoms with Gasteiger partial charge < -0.3 is 4.57 Å². The molecule has 214 valence electrons. The second kappa shape index (κ2) is 9.87. The summed E-state index contributed by atoms with van der Waals surface area (Å²) in [6.07, 6.45) is 0. The maximum Gasteiger partial charge on any atom is 0.0795 e. The summed E-state index contributed by atoms with van der Waals surface area (Å²) in [5.41, 5.74) is 9.00. The van der Waals surface area contributed by atoms with E-state index in [1.165, 1.54) is 58.1 Å². The SMILES string of the molecule is c1ccc(-c2nc3c(-c4ccccc4-n4c5ccccc5c5ccccc54)cccc3c3c2ccc2sc4ccccc4c23)cc1. The van der Waals surface area contributed by atoms with Crippen molar-refractivity contribution in [3.63, 3.8) is 0 Å². The van der Waals surface area contributed by atoms with E-state index in [0.29, 0.717) is 0 Å². The molecule has 0 saturated carbocycles. The lowest BCUT2D eigenvalue weighted by Gasteiger charge is -2.17. The van der Waals surface area contributed by atoms with Gasteiger partial charge in [0.05, 0.1) is 27.9 Å². The van der Waals surface area contributed by atoms with Gasteiger partial charge in [0.25, 0.3) is 0 Å². The number of hydrogen-bond acceptors (Lipinski definition) is 2. The minimum absolute atomic E-state index is 1.02. The Kier molecular flexibility index (Phi) is 5.48. The van der Waals surface area contributed by atoms with Crippen molar-refractivity contribution in [3.05, 3.63) is 158 Å². The highest BCUT2D eigenvalue weighted by Crippen LogP contribution is 2.45. The molecule has 46 heavy (non-hydrogen) atoms. The largest absolute Gasteiger partial charge is 0.309 e. The van der Waals surface area contributed by atoms with Gasteiger partial charge in [0, 0.05) is 63.8 Å². The Hall–Kier alpha value is -5.77. The third-order valence-electron chi connectivity index (χ3n) is 9.39. The fraction of sp³-hybridized carbons (Fsp3) is 0. The zero-order valence-corrected chi connectivity index (χ0v) is 25.6. The first-order chi connectivity index (χ1) is 22.8. The first-order valence-corrected chi connectivity index (χ1v) is 16.5. The van der Waals surface area contributed by atoms with E-state index < -0.39 is 0 Å². The van der Waals surface area contributed by atoms with Crippen molar-refractivity contribution >= 4 is 75.0 Å². The average molecular weight is 603 g/mol. The predicted octanol–water partition coefficient (Wildman–Crippen LogP) is 12.2. The molecule has 0 aliphatic rings. The number of aromatic nitrogens is 2. The molecule has 0 aliphatic carbocycles. The molecule has 2 nitrogen and oxygen atoms in total. The maximum absolute atomic E-state index is 5.56. The minimum atomic E-state index is 1.02. The average Bonchev–Trinajstić information content (AvgIpc) is 3.67. The number of hydrogen-bond donors (Lipinski definition) is 0. The van der Waals surface area contributed by atoms with Gasteiger partial charge >= 0.3 is 0 Å². The number of fused-ring (bicyclic) bond motifs is 10. The highest BCUT2D eigenvalue weighted by Gasteiger charge is 2.20. The van der Waals surface area contributed by atoms with Gasteiger partial charge in [0.15, 0.2) is 0 Å². The van der Waals surface area contributed by atoms with Gasteiger partial charge in [-0.3, -0.25) is 0 Å². The molecule has 0 atom stereocenters. The third-order valence-corrected chi connectivity index (χ3v) is 10.5. The van der Waals surface area contributed by atoms with Gasteiger partial charge in [0.1, 0.15) is 0 Å². The Morgan fingerprint density at radius 1 is 0.413 bits per heavy atom. The highest BCUT2D eigenvalue weighted by atomic mass is 32.1. The van der Waals surface area contributed by atoms with Crippen LogP contribution in [0, 0.1) is 0 Å². The Morgan fingerprint density at radius 2 is 1.04 bits per heavy atom. The number of para-hydroxylation sites is 4. The normalized spacial score (nSPS) is 11.9. The molecule has 0 saturated heterocycles. The van der Waals surface area contributed by atoms with Crippen LogP contribution in [0.4, 0.5) is 0 Å². The third kappa shape index (κ3) is 3.61. The van der Waals surface area contributed by atoms with Crippen molar-refractivity contribution in [2.45, 2.75) is 0 Å². The smallest absolute Gasteiger partial charge is 0.0795 e. The number of thiophene rings is 1. The molecular weight excluding hydrogens is 577 g/mol. The fourth-order valence-electron chi connectivity index (χ4n) is 7.44. The van der Waals surface area contributed by atoms with E-state index >= 15 is 0 Å². The zero-order valence-electron chi connectivity index (χ0n) is 24.8. The Balaban J connectivity index is 1.37. The van der Waals surface area contributed by atoms with E-state index in [2.05, 4.69) is 162 Å². The molecule has 7 aromatic carbocycles. The van der Waals surface area contributed by atoms with Gasteiger partial charge in [0.2, 0.25) is 0 Å². The van der Waals surface area contributed by atoms with Crippen LogP contribution in [-0.4, -0.2) is 9.55 Å². The molecule has 0 bridgehead atoms. The lowest BCUT2D eigenvalue weighted by atomic mass is 9.93. The molecule has 0 N–H and O–H groups in total. The van der Waals surface area contributed by atoms with E-state index in [4.69, 9.17) is 4.98 Å². The summed E-state index contributed by atoms with van der Waals surface area (Å²) in [6, 6.07) is 56.9. The topological polar surface area (TPSA) is 17.8 Å². The molecule has 3 aromatic heterocycles. The molecule has 3 heteroatoms. The number of nitrogens with zero attached hydrogens (tertiary/aromatic N) is 2. The van der Waals surface area contributed by atoms with E-state index in [9.17, 15) is 0 Å². The van der Waals surface area contributed by atoms with E-state index in [1.54, 1.807) is 0 Å². The molecule has 0 unspecified atom stereocenters. The summed E-state index contributed by atoms with van der Waals surface area (Å²) in [7, 11) is 0. The minimum Gasteiger partial charge on any atom is -0.309 e.